The number of phenolic OH excluding ortho intramolecular Hbond substituents is 1. The van der Waals surface area contributed by atoms with E-state index in [1.54, 1.807) is 12.1 Å². The van der Waals surface area contributed by atoms with Gasteiger partial charge < -0.3 is 14.9 Å². The first-order valence-electron chi connectivity index (χ1n) is 4.30. The van der Waals surface area contributed by atoms with Crippen molar-refractivity contribution >= 4 is 5.97 Å². The van der Waals surface area contributed by atoms with Crippen LogP contribution in [0.25, 0.3) is 0 Å². The molecule has 0 aliphatic carbocycles. The fourth-order valence-electron chi connectivity index (χ4n) is 1.14. The number of carbonyl (C=O) groups is 1. The fourth-order valence-corrected chi connectivity index (χ4v) is 1.14. The number of hydrogen-bond donors (Lipinski definition) is 2. The molecule has 1 aromatic carbocycles. The summed E-state index contributed by atoms with van der Waals surface area (Å²) in [5.41, 5.74) is 0.327. The molecule has 0 saturated heterocycles. The monoisotopic (exact) mass is 208 g/mol. The van der Waals surface area contributed by atoms with Gasteiger partial charge in [-0.3, -0.25) is 0 Å². The predicted octanol–water partition coefficient (Wildman–Crippen LogP) is 1.15. The highest BCUT2D eigenvalue weighted by Crippen LogP contribution is 2.23. The van der Waals surface area contributed by atoms with Gasteiger partial charge in [-0.1, -0.05) is 18.7 Å². The summed E-state index contributed by atoms with van der Waals surface area (Å²) in [6, 6.07) is 5.98. The largest absolute Gasteiger partial charge is 0.508 e. The molecule has 0 spiro atoms. The van der Waals surface area contributed by atoms with Crippen molar-refractivity contribution in [3.8, 4) is 5.75 Å². The molecule has 0 saturated carbocycles. The van der Waals surface area contributed by atoms with Gasteiger partial charge in [0.05, 0.1) is 12.7 Å². The van der Waals surface area contributed by atoms with Gasteiger partial charge in [-0.15, -0.1) is 0 Å². The Balaban J connectivity index is 2.89. The zero-order chi connectivity index (χ0) is 11.4. The Labute approximate surface area is 87.4 Å². The minimum Gasteiger partial charge on any atom is -0.508 e. The lowest BCUT2D eigenvalue weighted by Crippen LogP contribution is -2.11. The van der Waals surface area contributed by atoms with Crippen molar-refractivity contribution in [2.75, 3.05) is 7.11 Å². The number of aliphatic hydroxyl groups excluding tert-OH is 1. The Bertz CT molecular complexity index is 384. The van der Waals surface area contributed by atoms with E-state index < -0.39 is 12.1 Å². The van der Waals surface area contributed by atoms with Gasteiger partial charge in [-0.25, -0.2) is 4.79 Å². The van der Waals surface area contributed by atoms with E-state index in [4.69, 9.17) is 0 Å². The van der Waals surface area contributed by atoms with Crippen LogP contribution in [0.15, 0.2) is 36.4 Å². The number of rotatable bonds is 3. The van der Waals surface area contributed by atoms with Crippen molar-refractivity contribution < 1.29 is 19.7 Å². The van der Waals surface area contributed by atoms with Crippen LogP contribution in [0.4, 0.5) is 0 Å². The summed E-state index contributed by atoms with van der Waals surface area (Å²) in [6.07, 6.45) is -1.16. The molecule has 0 aromatic heterocycles. The quantitative estimate of drug-likeness (QED) is 0.577. The normalized spacial score (nSPS) is 11.9. The van der Waals surface area contributed by atoms with Crippen LogP contribution < -0.4 is 0 Å². The molecule has 1 unspecified atom stereocenters. The van der Waals surface area contributed by atoms with Gasteiger partial charge in [0, 0.05) is 0 Å². The van der Waals surface area contributed by atoms with E-state index in [-0.39, 0.29) is 11.3 Å². The van der Waals surface area contributed by atoms with Gasteiger partial charge in [0.2, 0.25) is 0 Å². The molecule has 0 heterocycles. The average Bonchev–Trinajstić information content (AvgIpc) is 2.26. The highest BCUT2D eigenvalue weighted by molar-refractivity contribution is 5.88. The Morgan fingerprint density at radius 3 is 2.73 bits per heavy atom. The number of aromatic hydroxyl groups is 1. The summed E-state index contributed by atoms with van der Waals surface area (Å²) in [7, 11) is 1.21. The molecule has 1 rings (SSSR count). The summed E-state index contributed by atoms with van der Waals surface area (Å²) >= 11 is 0. The molecular weight excluding hydrogens is 196 g/mol. The summed E-state index contributed by atoms with van der Waals surface area (Å²) in [6.45, 7) is 3.43. The van der Waals surface area contributed by atoms with Crippen LogP contribution in [-0.4, -0.2) is 23.3 Å². The van der Waals surface area contributed by atoms with Gasteiger partial charge in [0.15, 0.2) is 0 Å². The molecule has 0 aliphatic rings. The number of benzene rings is 1. The maximum absolute atomic E-state index is 11.1. The lowest BCUT2D eigenvalue weighted by molar-refractivity contribution is -0.137. The molecule has 0 amide bonds. The smallest absolute Gasteiger partial charge is 0.336 e. The molecule has 80 valence electrons. The van der Waals surface area contributed by atoms with Gasteiger partial charge >= 0.3 is 5.97 Å². The van der Waals surface area contributed by atoms with Crippen LogP contribution in [0.1, 0.15) is 11.7 Å². The number of esters is 1. The molecule has 0 fully saturated rings. The van der Waals surface area contributed by atoms with E-state index in [9.17, 15) is 15.0 Å². The SMILES string of the molecule is C=C(C(=O)OC)C(O)c1cccc(O)c1. The van der Waals surface area contributed by atoms with Crippen molar-refractivity contribution in [1.82, 2.24) is 0 Å². The van der Waals surface area contributed by atoms with Crippen LogP contribution in [0.2, 0.25) is 0 Å². The lowest BCUT2D eigenvalue weighted by Gasteiger charge is -2.12. The minimum atomic E-state index is -1.16. The van der Waals surface area contributed by atoms with E-state index in [2.05, 4.69) is 11.3 Å². The maximum Gasteiger partial charge on any atom is 0.336 e. The summed E-state index contributed by atoms with van der Waals surface area (Å²) in [5.74, 6) is -0.657. The van der Waals surface area contributed by atoms with Crippen LogP contribution in [0.3, 0.4) is 0 Å². The predicted molar refractivity (Wildman–Crippen MR) is 54.2 cm³/mol. The molecule has 1 atom stereocenters. The molecule has 0 aliphatic heterocycles. The van der Waals surface area contributed by atoms with E-state index in [0.717, 1.165) is 0 Å². The Morgan fingerprint density at radius 1 is 1.53 bits per heavy atom. The third kappa shape index (κ3) is 2.57. The summed E-state index contributed by atoms with van der Waals surface area (Å²) < 4.78 is 4.42. The first-order valence-corrected chi connectivity index (χ1v) is 4.30. The third-order valence-corrected chi connectivity index (χ3v) is 1.96. The van der Waals surface area contributed by atoms with Gasteiger partial charge in [0.1, 0.15) is 11.9 Å². The standard InChI is InChI=1S/C11H12O4/c1-7(11(14)15-2)10(13)8-4-3-5-9(12)6-8/h3-6,10,12-13H,1H2,2H3. The first-order chi connectivity index (χ1) is 7.06. The fraction of sp³-hybridized carbons (Fsp3) is 0.182. The van der Waals surface area contributed by atoms with Crippen molar-refractivity contribution in [2.45, 2.75) is 6.10 Å². The average molecular weight is 208 g/mol. The lowest BCUT2D eigenvalue weighted by atomic mass is 10.0. The molecular formula is C11H12O4. The van der Waals surface area contributed by atoms with E-state index in [0.29, 0.717) is 5.56 Å². The first kappa shape index (κ1) is 11.3. The van der Waals surface area contributed by atoms with Crippen molar-refractivity contribution in [1.29, 1.82) is 0 Å². The highest BCUT2D eigenvalue weighted by atomic mass is 16.5. The van der Waals surface area contributed by atoms with Gasteiger partial charge in [0.25, 0.3) is 0 Å². The van der Waals surface area contributed by atoms with Gasteiger partial charge in [-0.2, -0.15) is 0 Å². The number of carbonyl (C=O) groups excluding carboxylic acids is 1. The zero-order valence-electron chi connectivity index (χ0n) is 8.30. The van der Waals surface area contributed by atoms with E-state index in [1.165, 1.54) is 19.2 Å². The van der Waals surface area contributed by atoms with Crippen molar-refractivity contribution in [3.05, 3.63) is 42.0 Å². The summed E-state index contributed by atoms with van der Waals surface area (Å²) in [4.78, 5) is 11.1. The van der Waals surface area contributed by atoms with Crippen LogP contribution in [0, 0.1) is 0 Å². The second-order valence-corrected chi connectivity index (χ2v) is 3.01. The third-order valence-electron chi connectivity index (χ3n) is 1.96. The number of aliphatic hydroxyl groups is 1. The van der Waals surface area contributed by atoms with Crippen molar-refractivity contribution in [2.24, 2.45) is 0 Å². The van der Waals surface area contributed by atoms with Crippen LogP contribution >= 0.6 is 0 Å². The molecule has 0 radical (unpaired) electrons. The van der Waals surface area contributed by atoms with Crippen LogP contribution in [-0.2, 0) is 9.53 Å². The number of hydrogen-bond acceptors (Lipinski definition) is 4. The second-order valence-electron chi connectivity index (χ2n) is 3.01. The Hall–Kier alpha value is -1.81. The molecule has 15 heavy (non-hydrogen) atoms. The molecule has 2 N–H and O–H groups in total. The molecule has 4 heteroatoms. The number of phenols is 1. The minimum absolute atomic E-state index is 0.0178. The summed E-state index contributed by atoms with van der Waals surface area (Å²) in [5, 5.41) is 18.9. The second kappa shape index (κ2) is 4.61. The molecule has 0 bridgehead atoms. The number of ether oxygens (including phenoxy) is 1. The Morgan fingerprint density at radius 2 is 2.20 bits per heavy atom. The van der Waals surface area contributed by atoms with Crippen LogP contribution in [0.5, 0.6) is 5.75 Å². The molecule has 4 nitrogen and oxygen atoms in total. The Kier molecular flexibility index (Phi) is 3.46. The molecule has 1 aromatic rings. The van der Waals surface area contributed by atoms with Gasteiger partial charge in [-0.05, 0) is 17.7 Å². The number of methoxy groups -OCH3 is 1. The van der Waals surface area contributed by atoms with E-state index in [1.807, 2.05) is 0 Å². The van der Waals surface area contributed by atoms with E-state index >= 15 is 0 Å². The zero-order valence-corrected chi connectivity index (χ0v) is 8.30. The maximum atomic E-state index is 11.1. The van der Waals surface area contributed by atoms with Crippen molar-refractivity contribution in [3.63, 3.8) is 0 Å². The topological polar surface area (TPSA) is 66.8 Å². The highest BCUT2D eigenvalue weighted by Gasteiger charge is 2.18.